The van der Waals surface area contributed by atoms with Crippen molar-refractivity contribution in [2.24, 2.45) is 5.41 Å². The minimum absolute atomic E-state index is 0.462. The molecular formula is C13H19N. The average molecular weight is 189 g/mol. The van der Waals surface area contributed by atoms with E-state index in [2.05, 4.69) is 31.0 Å². The number of rotatable bonds is 1. The van der Waals surface area contributed by atoms with Crippen LogP contribution in [-0.2, 0) is 0 Å². The van der Waals surface area contributed by atoms with E-state index in [-0.39, 0.29) is 0 Å². The van der Waals surface area contributed by atoms with Crippen molar-refractivity contribution in [1.82, 2.24) is 5.32 Å². The Bertz CT molecular complexity index is 290. The van der Waals surface area contributed by atoms with Crippen LogP contribution in [0, 0.1) is 5.41 Å². The van der Waals surface area contributed by atoms with E-state index in [9.17, 15) is 0 Å². The van der Waals surface area contributed by atoms with Crippen LogP contribution in [0.2, 0.25) is 0 Å². The summed E-state index contributed by atoms with van der Waals surface area (Å²) in [6.45, 7) is 7.05. The highest BCUT2D eigenvalue weighted by molar-refractivity contribution is 5.42. The summed E-state index contributed by atoms with van der Waals surface area (Å²) in [5, 5.41) is 3.51. The second kappa shape index (κ2) is 3.64. The Hall–Kier alpha value is -0.980. The Morgan fingerprint density at radius 1 is 1.36 bits per heavy atom. The fourth-order valence-electron chi connectivity index (χ4n) is 2.97. The summed E-state index contributed by atoms with van der Waals surface area (Å²) in [5.74, 6) is 0. The largest absolute Gasteiger partial charge is 0.384 e. The molecule has 2 rings (SSSR count). The number of allylic oxidation sites excluding steroid dienone is 4. The third-order valence-electron chi connectivity index (χ3n) is 3.61. The zero-order chi connectivity index (χ0) is 10.0. The van der Waals surface area contributed by atoms with E-state index in [0.29, 0.717) is 5.41 Å². The van der Waals surface area contributed by atoms with Gasteiger partial charge in [-0.2, -0.15) is 0 Å². The summed E-state index contributed by atoms with van der Waals surface area (Å²) in [6.07, 6.45) is 11.7. The van der Waals surface area contributed by atoms with Gasteiger partial charge in [0.25, 0.3) is 0 Å². The van der Waals surface area contributed by atoms with Crippen LogP contribution in [0.1, 0.15) is 32.6 Å². The molecule has 1 aliphatic carbocycles. The molecule has 0 bridgehead atoms. The van der Waals surface area contributed by atoms with Gasteiger partial charge in [-0.25, -0.2) is 0 Å². The quantitative estimate of drug-likeness (QED) is 0.668. The first kappa shape index (κ1) is 9.57. The van der Waals surface area contributed by atoms with E-state index in [1.54, 1.807) is 0 Å². The van der Waals surface area contributed by atoms with Crippen molar-refractivity contribution in [3.63, 3.8) is 0 Å². The predicted octanol–water partition coefficient (Wildman–Crippen LogP) is 3.17. The Morgan fingerprint density at radius 3 is 2.64 bits per heavy atom. The number of hydrogen-bond donors (Lipinski definition) is 1. The van der Waals surface area contributed by atoms with E-state index in [1.165, 1.54) is 37.0 Å². The maximum absolute atomic E-state index is 3.76. The summed E-state index contributed by atoms with van der Waals surface area (Å²) in [6, 6.07) is 0. The molecule has 0 atom stereocenters. The normalized spacial score (nSPS) is 30.1. The number of hydrogen-bond acceptors (Lipinski definition) is 1. The first-order valence-corrected chi connectivity index (χ1v) is 5.56. The molecule has 0 aromatic rings. The van der Waals surface area contributed by atoms with Crippen LogP contribution >= 0.6 is 0 Å². The Labute approximate surface area is 86.6 Å². The molecule has 1 heterocycles. The summed E-state index contributed by atoms with van der Waals surface area (Å²) < 4.78 is 0. The summed E-state index contributed by atoms with van der Waals surface area (Å²) >= 11 is 0. The van der Waals surface area contributed by atoms with Gasteiger partial charge in [0, 0.05) is 17.7 Å². The smallest absolute Gasteiger partial charge is 0.0375 e. The van der Waals surface area contributed by atoms with Crippen LogP contribution in [-0.4, -0.2) is 6.54 Å². The monoisotopic (exact) mass is 189 g/mol. The van der Waals surface area contributed by atoms with Crippen molar-refractivity contribution in [3.8, 4) is 0 Å². The predicted molar refractivity (Wildman–Crippen MR) is 60.9 cm³/mol. The fourth-order valence-corrected chi connectivity index (χ4v) is 2.97. The van der Waals surface area contributed by atoms with Crippen LogP contribution in [0.15, 0.2) is 36.1 Å². The first-order valence-electron chi connectivity index (χ1n) is 5.56. The van der Waals surface area contributed by atoms with Crippen LogP contribution in [0.5, 0.6) is 0 Å². The van der Waals surface area contributed by atoms with E-state index < -0.39 is 0 Å². The summed E-state index contributed by atoms with van der Waals surface area (Å²) in [4.78, 5) is 0. The summed E-state index contributed by atoms with van der Waals surface area (Å²) in [5.41, 5.74) is 3.28. The second-order valence-electron chi connectivity index (χ2n) is 4.36. The minimum Gasteiger partial charge on any atom is -0.384 e. The lowest BCUT2D eigenvalue weighted by Crippen LogP contribution is -2.20. The van der Waals surface area contributed by atoms with Crippen LogP contribution < -0.4 is 5.32 Å². The third-order valence-corrected chi connectivity index (χ3v) is 3.61. The van der Waals surface area contributed by atoms with E-state index in [1.807, 2.05) is 6.08 Å². The lowest BCUT2D eigenvalue weighted by molar-refractivity contribution is 0.405. The van der Waals surface area contributed by atoms with Crippen LogP contribution in [0.25, 0.3) is 0 Å². The van der Waals surface area contributed by atoms with E-state index >= 15 is 0 Å². The molecule has 76 valence electrons. The Morgan fingerprint density at radius 2 is 2.07 bits per heavy atom. The summed E-state index contributed by atoms with van der Waals surface area (Å²) in [7, 11) is 0. The van der Waals surface area contributed by atoms with Gasteiger partial charge < -0.3 is 5.32 Å². The third kappa shape index (κ3) is 1.31. The van der Waals surface area contributed by atoms with Gasteiger partial charge in [0.1, 0.15) is 0 Å². The lowest BCUT2D eigenvalue weighted by Gasteiger charge is -2.22. The van der Waals surface area contributed by atoms with Crippen LogP contribution in [0.3, 0.4) is 0 Å². The molecule has 1 nitrogen and oxygen atoms in total. The molecule has 1 saturated heterocycles. The highest BCUT2D eigenvalue weighted by Crippen LogP contribution is 2.49. The molecule has 0 radical (unpaired) electrons. The maximum atomic E-state index is 3.76. The average Bonchev–Trinajstić information content (AvgIpc) is 2.77. The second-order valence-corrected chi connectivity index (χ2v) is 4.36. The molecule has 1 aliphatic heterocycles. The molecule has 2 aliphatic rings. The van der Waals surface area contributed by atoms with Gasteiger partial charge in [-0.05, 0) is 31.4 Å². The van der Waals surface area contributed by atoms with Gasteiger partial charge in [0.05, 0.1) is 0 Å². The molecule has 0 aromatic carbocycles. The zero-order valence-electron chi connectivity index (χ0n) is 8.97. The molecule has 1 heteroatoms. The lowest BCUT2D eigenvalue weighted by atomic mass is 9.80. The minimum atomic E-state index is 0.462. The zero-order valence-corrected chi connectivity index (χ0v) is 8.97. The standard InChI is InChI=1S/C13H19N/c1-3-7-12-11(4-2)13(10-14-12)8-5-6-9-13/h3-4,7,14H,1,5-6,8-10H2,2H3/b11-4+,12-7+. The van der Waals surface area contributed by atoms with Gasteiger partial charge >= 0.3 is 0 Å². The number of nitrogens with one attached hydrogen (secondary N) is 1. The topological polar surface area (TPSA) is 12.0 Å². The van der Waals surface area contributed by atoms with Gasteiger partial charge in [0.15, 0.2) is 0 Å². The Balaban J connectivity index is 2.31. The highest BCUT2D eigenvalue weighted by atomic mass is 15.0. The van der Waals surface area contributed by atoms with Crippen LogP contribution in [0.4, 0.5) is 0 Å². The Kier molecular flexibility index (Phi) is 2.49. The van der Waals surface area contributed by atoms with Crippen molar-refractivity contribution in [3.05, 3.63) is 36.1 Å². The van der Waals surface area contributed by atoms with Crippen molar-refractivity contribution in [2.75, 3.05) is 6.54 Å². The molecule has 2 fully saturated rings. The van der Waals surface area contributed by atoms with Crippen molar-refractivity contribution < 1.29 is 0 Å². The van der Waals surface area contributed by atoms with Crippen molar-refractivity contribution in [1.29, 1.82) is 0 Å². The fraction of sp³-hybridized carbons (Fsp3) is 0.538. The molecule has 0 amide bonds. The molecule has 1 N–H and O–H groups in total. The van der Waals surface area contributed by atoms with E-state index in [4.69, 9.17) is 0 Å². The molecule has 0 unspecified atom stereocenters. The van der Waals surface area contributed by atoms with Gasteiger partial charge in [-0.1, -0.05) is 31.6 Å². The maximum Gasteiger partial charge on any atom is 0.0375 e. The van der Waals surface area contributed by atoms with E-state index in [0.717, 1.165) is 6.54 Å². The van der Waals surface area contributed by atoms with Crippen molar-refractivity contribution >= 4 is 0 Å². The molecular weight excluding hydrogens is 170 g/mol. The SMILES string of the molecule is C=C/C=C1/NCC2(CCCC2)/C1=C/C. The molecule has 1 spiro atoms. The molecule has 14 heavy (non-hydrogen) atoms. The first-order chi connectivity index (χ1) is 6.82. The van der Waals surface area contributed by atoms with Gasteiger partial charge in [0.2, 0.25) is 0 Å². The van der Waals surface area contributed by atoms with Gasteiger partial charge in [-0.3, -0.25) is 0 Å². The van der Waals surface area contributed by atoms with Gasteiger partial charge in [-0.15, -0.1) is 0 Å². The van der Waals surface area contributed by atoms with Crippen molar-refractivity contribution in [2.45, 2.75) is 32.6 Å². The molecule has 0 aromatic heterocycles. The molecule has 1 saturated carbocycles. The highest BCUT2D eigenvalue weighted by Gasteiger charge is 2.42.